The number of carbonyl (C=O) groups is 1. The number of hydrogen-bond donors (Lipinski definition) is 1. The van der Waals surface area contributed by atoms with E-state index >= 15 is 0 Å². The summed E-state index contributed by atoms with van der Waals surface area (Å²) in [4.78, 5) is 17.0. The molecular weight excluding hydrogens is 254 g/mol. The van der Waals surface area contributed by atoms with E-state index in [1.165, 1.54) is 12.8 Å². The molecule has 0 aromatic carbocycles. The molecule has 0 bridgehead atoms. The Kier molecular flexibility index (Phi) is 4.91. The number of carbonyl (C=O) groups excluding carboxylic acids is 1. The smallest absolute Gasteiger partial charge is 0.225 e. The molecule has 3 fully saturated rings. The minimum absolute atomic E-state index is 0.265. The molecule has 1 unspecified atom stereocenters. The Balaban J connectivity index is 1.41. The lowest BCUT2D eigenvalue weighted by atomic mass is 9.96. The number of nitrogens with one attached hydrogen (secondary N) is 1. The Hall–Kier alpha value is -0.650. The molecule has 1 N–H and O–H groups in total. The first kappa shape index (κ1) is 14.3. The summed E-state index contributed by atoms with van der Waals surface area (Å²) in [6, 6.07) is 0. The minimum atomic E-state index is 0.265. The summed E-state index contributed by atoms with van der Waals surface area (Å²) >= 11 is 0. The van der Waals surface area contributed by atoms with Crippen molar-refractivity contribution in [2.45, 2.75) is 31.8 Å². The zero-order chi connectivity index (χ0) is 13.8. The van der Waals surface area contributed by atoms with Gasteiger partial charge in [-0.25, -0.2) is 0 Å². The van der Waals surface area contributed by atoms with Crippen LogP contribution >= 0.6 is 0 Å². The number of piperidine rings is 1. The topological polar surface area (TPSA) is 44.8 Å². The van der Waals surface area contributed by atoms with E-state index in [1.807, 2.05) is 0 Å². The molecule has 1 amide bonds. The second kappa shape index (κ2) is 6.87. The van der Waals surface area contributed by atoms with Crippen LogP contribution in [0.1, 0.15) is 25.7 Å². The molecule has 0 spiro atoms. The van der Waals surface area contributed by atoms with Gasteiger partial charge in [-0.3, -0.25) is 9.69 Å². The lowest BCUT2D eigenvalue weighted by Gasteiger charge is -2.37. The highest BCUT2D eigenvalue weighted by atomic mass is 16.5. The normalized spacial score (nSPS) is 29.8. The molecule has 3 aliphatic heterocycles. The van der Waals surface area contributed by atoms with Gasteiger partial charge in [-0.2, -0.15) is 0 Å². The quantitative estimate of drug-likeness (QED) is 0.809. The van der Waals surface area contributed by atoms with E-state index in [0.717, 1.165) is 65.3 Å². The molecule has 114 valence electrons. The van der Waals surface area contributed by atoms with Crippen molar-refractivity contribution in [1.29, 1.82) is 0 Å². The fourth-order valence-corrected chi connectivity index (χ4v) is 3.55. The Morgan fingerprint density at radius 1 is 1.10 bits per heavy atom. The lowest BCUT2D eigenvalue weighted by molar-refractivity contribution is -0.138. The summed E-state index contributed by atoms with van der Waals surface area (Å²) in [5.74, 6) is 0.657. The maximum absolute atomic E-state index is 12.5. The van der Waals surface area contributed by atoms with E-state index in [2.05, 4.69) is 15.1 Å². The average molecular weight is 281 g/mol. The largest absolute Gasteiger partial charge is 0.377 e. The van der Waals surface area contributed by atoms with Crippen LogP contribution in [0.4, 0.5) is 0 Å². The molecule has 3 saturated heterocycles. The van der Waals surface area contributed by atoms with Gasteiger partial charge >= 0.3 is 0 Å². The maximum atomic E-state index is 12.5. The second-order valence-electron chi connectivity index (χ2n) is 6.29. The maximum Gasteiger partial charge on any atom is 0.225 e. The van der Waals surface area contributed by atoms with E-state index in [-0.39, 0.29) is 5.92 Å². The zero-order valence-electron chi connectivity index (χ0n) is 12.4. The van der Waals surface area contributed by atoms with Crippen LogP contribution < -0.4 is 5.32 Å². The molecule has 5 heteroatoms. The van der Waals surface area contributed by atoms with Crippen molar-refractivity contribution < 1.29 is 9.53 Å². The first-order valence-electron chi connectivity index (χ1n) is 8.16. The third-order valence-corrected chi connectivity index (χ3v) is 4.86. The summed E-state index contributed by atoms with van der Waals surface area (Å²) in [7, 11) is 0. The van der Waals surface area contributed by atoms with Crippen LogP contribution in [-0.4, -0.2) is 74.2 Å². The van der Waals surface area contributed by atoms with Crippen molar-refractivity contribution in [3.05, 3.63) is 0 Å². The molecule has 0 radical (unpaired) electrons. The minimum Gasteiger partial charge on any atom is -0.377 e. The summed E-state index contributed by atoms with van der Waals surface area (Å²) < 4.78 is 5.70. The molecular formula is C15H27N3O2. The molecule has 5 nitrogen and oxygen atoms in total. The van der Waals surface area contributed by atoms with Crippen molar-refractivity contribution in [2.24, 2.45) is 5.92 Å². The van der Waals surface area contributed by atoms with Crippen molar-refractivity contribution in [1.82, 2.24) is 15.1 Å². The van der Waals surface area contributed by atoms with Gasteiger partial charge in [0.25, 0.3) is 0 Å². The van der Waals surface area contributed by atoms with E-state index in [1.54, 1.807) is 0 Å². The first-order valence-corrected chi connectivity index (χ1v) is 8.16. The fraction of sp³-hybridized carbons (Fsp3) is 0.933. The van der Waals surface area contributed by atoms with Crippen molar-refractivity contribution >= 4 is 5.91 Å². The Labute approximate surface area is 121 Å². The Morgan fingerprint density at radius 2 is 1.85 bits per heavy atom. The summed E-state index contributed by atoms with van der Waals surface area (Å²) in [6.07, 6.45) is 4.86. The van der Waals surface area contributed by atoms with Crippen molar-refractivity contribution in [3.8, 4) is 0 Å². The summed E-state index contributed by atoms with van der Waals surface area (Å²) in [5.41, 5.74) is 0. The van der Waals surface area contributed by atoms with Crippen LogP contribution in [0.5, 0.6) is 0 Å². The summed E-state index contributed by atoms with van der Waals surface area (Å²) in [6.45, 7) is 7.79. The lowest BCUT2D eigenvalue weighted by Crippen LogP contribution is -2.52. The average Bonchev–Trinajstić information content (AvgIpc) is 3.01. The standard InChI is InChI=1S/C15H27N3O2/c19-15(13-3-5-16-6-4-13)18-9-7-17(8-10-18)12-14-2-1-11-20-14/h13-14,16H,1-12H2. The van der Waals surface area contributed by atoms with Crippen LogP contribution in [-0.2, 0) is 9.53 Å². The van der Waals surface area contributed by atoms with Gasteiger partial charge in [0.1, 0.15) is 0 Å². The molecule has 20 heavy (non-hydrogen) atoms. The van der Waals surface area contributed by atoms with Gasteiger partial charge in [-0.15, -0.1) is 0 Å². The number of ether oxygens (including phenoxy) is 1. The molecule has 1 atom stereocenters. The highest BCUT2D eigenvalue weighted by molar-refractivity contribution is 5.79. The molecule has 0 saturated carbocycles. The van der Waals surface area contributed by atoms with Crippen LogP contribution in [0.2, 0.25) is 0 Å². The van der Waals surface area contributed by atoms with Gasteiger partial charge in [-0.1, -0.05) is 0 Å². The fourth-order valence-electron chi connectivity index (χ4n) is 3.55. The van der Waals surface area contributed by atoms with Gasteiger partial charge in [0, 0.05) is 45.2 Å². The first-order chi connectivity index (χ1) is 9.83. The van der Waals surface area contributed by atoms with Gasteiger partial charge in [-0.05, 0) is 38.8 Å². The van der Waals surface area contributed by atoms with E-state index in [0.29, 0.717) is 12.0 Å². The van der Waals surface area contributed by atoms with Crippen LogP contribution in [0.25, 0.3) is 0 Å². The Morgan fingerprint density at radius 3 is 2.50 bits per heavy atom. The molecule has 0 aliphatic carbocycles. The Bertz CT molecular complexity index is 317. The SMILES string of the molecule is O=C(C1CCNCC1)N1CCN(CC2CCCO2)CC1. The highest BCUT2D eigenvalue weighted by Crippen LogP contribution is 2.18. The van der Waals surface area contributed by atoms with Gasteiger partial charge < -0.3 is 15.0 Å². The van der Waals surface area contributed by atoms with Gasteiger partial charge in [0.15, 0.2) is 0 Å². The third kappa shape index (κ3) is 3.51. The van der Waals surface area contributed by atoms with Gasteiger partial charge in [0.05, 0.1) is 6.10 Å². The number of hydrogen-bond acceptors (Lipinski definition) is 4. The summed E-state index contributed by atoms with van der Waals surface area (Å²) in [5, 5.41) is 3.33. The molecule has 3 heterocycles. The predicted octanol–water partition coefficient (Wildman–Crippen LogP) is 0.309. The van der Waals surface area contributed by atoms with Crippen molar-refractivity contribution in [2.75, 3.05) is 52.4 Å². The highest BCUT2D eigenvalue weighted by Gasteiger charge is 2.29. The number of piperazine rings is 1. The molecule has 3 rings (SSSR count). The predicted molar refractivity (Wildman–Crippen MR) is 77.6 cm³/mol. The zero-order valence-corrected chi connectivity index (χ0v) is 12.4. The van der Waals surface area contributed by atoms with Crippen LogP contribution in [0.3, 0.4) is 0 Å². The molecule has 0 aromatic rings. The number of rotatable bonds is 3. The van der Waals surface area contributed by atoms with E-state index in [9.17, 15) is 4.79 Å². The molecule has 0 aromatic heterocycles. The van der Waals surface area contributed by atoms with E-state index in [4.69, 9.17) is 4.74 Å². The number of amides is 1. The van der Waals surface area contributed by atoms with E-state index < -0.39 is 0 Å². The third-order valence-electron chi connectivity index (χ3n) is 4.86. The van der Waals surface area contributed by atoms with Crippen molar-refractivity contribution in [3.63, 3.8) is 0 Å². The molecule has 3 aliphatic rings. The number of nitrogens with zero attached hydrogens (tertiary/aromatic N) is 2. The monoisotopic (exact) mass is 281 g/mol. The van der Waals surface area contributed by atoms with Crippen LogP contribution in [0, 0.1) is 5.92 Å². The van der Waals surface area contributed by atoms with Gasteiger partial charge in [0.2, 0.25) is 5.91 Å². The van der Waals surface area contributed by atoms with Crippen LogP contribution in [0.15, 0.2) is 0 Å². The second-order valence-corrected chi connectivity index (χ2v) is 6.29.